The highest BCUT2D eigenvalue weighted by atomic mass is 79.9. The van der Waals surface area contributed by atoms with Crippen LogP contribution in [0.3, 0.4) is 0 Å². The van der Waals surface area contributed by atoms with Gasteiger partial charge in [-0.2, -0.15) is 5.10 Å². The number of carbonyl (C=O) groups is 1. The minimum absolute atomic E-state index is 0.121. The molecule has 0 saturated carbocycles. The molecule has 0 bridgehead atoms. The highest BCUT2D eigenvalue weighted by molar-refractivity contribution is 9.10. The molecule has 3 aromatic rings. The average molecular weight is 534 g/mol. The molecule has 2 aromatic carbocycles. The lowest BCUT2D eigenvalue weighted by Gasteiger charge is -2.12. The van der Waals surface area contributed by atoms with E-state index < -0.39 is 0 Å². The molecule has 0 fully saturated rings. The van der Waals surface area contributed by atoms with Gasteiger partial charge in [0, 0.05) is 9.37 Å². The lowest BCUT2D eigenvalue weighted by molar-refractivity contribution is -0.147. The Bertz CT molecular complexity index is 1130. The maximum Gasteiger partial charge on any atom is 0.351 e. The minimum atomic E-state index is -0.182. The molecule has 0 aliphatic heterocycles. The van der Waals surface area contributed by atoms with Crippen molar-refractivity contribution in [3.63, 3.8) is 0 Å². The summed E-state index contributed by atoms with van der Waals surface area (Å²) in [5, 5.41) is 4.23. The number of aromatic nitrogens is 3. The number of hydrogen-bond acceptors (Lipinski definition) is 6. The predicted octanol–water partition coefficient (Wildman–Crippen LogP) is 5.21. The van der Waals surface area contributed by atoms with Crippen molar-refractivity contribution >= 4 is 33.7 Å². The summed E-state index contributed by atoms with van der Waals surface area (Å²) in [6.07, 6.45) is 3.05. The van der Waals surface area contributed by atoms with Gasteiger partial charge in [0.05, 0.1) is 30.7 Å². The van der Waals surface area contributed by atoms with Gasteiger partial charge in [-0.15, -0.1) is 11.8 Å². The van der Waals surface area contributed by atoms with Crippen LogP contribution in [-0.4, -0.2) is 33.5 Å². The van der Waals surface area contributed by atoms with E-state index in [9.17, 15) is 9.59 Å². The van der Waals surface area contributed by atoms with Crippen LogP contribution in [0.15, 0.2) is 63.0 Å². The van der Waals surface area contributed by atoms with Crippen LogP contribution in [0.4, 0.5) is 0 Å². The molecule has 1 aromatic heterocycles. The molecule has 0 amide bonds. The van der Waals surface area contributed by atoms with Crippen molar-refractivity contribution in [1.29, 1.82) is 0 Å². The number of hydrogen-bond donors (Lipinski definition) is 0. The summed E-state index contributed by atoms with van der Waals surface area (Å²) in [7, 11) is 0. The zero-order valence-corrected chi connectivity index (χ0v) is 21.4. The zero-order chi connectivity index (χ0) is 23.8. The fourth-order valence-corrected chi connectivity index (χ4v) is 4.32. The molecule has 9 heteroatoms. The van der Waals surface area contributed by atoms with E-state index in [2.05, 4.69) is 21.0 Å². The van der Waals surface area contributed by atoms with Crippen molar-refractivity contribution in [2.45, 2.75) is 44.4 Å². The largest absolute Gasteiger partial charge is 0.493 e. The number of rotatable bonds is 11. The number of nitrogens with zero attached hydrogens (tertiary/aromatic N) is 3. The van der Waals surface area contributed by atoms with Crippen LogP contribution in [0.1, 0.15) is 32.3 Å². The van der Waals surface area contributed by atoms with E-state index in [1.54, 1.807) is 0 Å². The molecule has 0 aliphatic carbocycles. The third-order valence-corrected chi connectivity index (χ3v) is 6.56. The summed E-state index contributed by atoms with van der Waals surface area (Å²) < 4.78 is 14.8. The third-order valence-electron chi connectivity index (χ3n) is 5.07. The molecule has 1 atom stereocenters. The van der Waals surface area contributed by atoms with Crippen molar-refractivity contribution in [3.05, 3.63) is 69.3 Å². The second-order valence-corrected chi connectivity index (χ2v) is 9.54. The first-order valence-electron chi connectivity index (χ1n) is 10.8. The first kappa shape index (κ1) is 25.1. The molecule has 0 N–H and O–H groups in total. The molecule has 1 unspecified atom stereocenters. The van der Waals surface area contributed by atoms with Gasteiger partial charge >= 0.3 is 11.7 Å². The van der Waals surface area contributed by atoms with Gasteiger partial charge in [0.25, 0.3) is 0 Å². The minimum Gasteiger partial charge on any atom is -0.493 e. The van der Waals surface area contributed by atoms with Gasteiger partial charge in [0.2, 0.25) is 0 Å². The number of halogens is 1. The molecule has 3 rings (SSSR count). The maximum absolute atomic E-state index is 12.7. The van der Waals surface area contributed by atoms with Crippen molar-refractivity contribution in [1.82, 2.24) is 14.3 Å². The number of carbonyl (C=O) groups excluding carboxylic acids is 1. The second-order valence-electron chi connectivity index (χ2n) is 7.60. The lowest BCUT2D eigenvalue weighted by Crippen LogP contribution is -2.23. The van der Waals surface area contributed by atoms with Crippen molar-refractivity contribution in [3.8, 4) is 11.4 Å². The summed E-state index contributed by atoms with van der Waals surface area (Å²) in [5.74, 6) is 0.952. The van der Waals surface area contributed by atoms with Crippen molar-refractivity contribution < 1.29 is 14.3 Å². The number of thioether (sulfide) groups is 1. The number of benzene rings is 2. The van der Waals surface area contributed by atoms with E-state index in [-0.39, 0.29) is 17.6 Å². The lowest BCUT2D eigenvalue weighted by atomic mass is 10.1. The molecule has 0 aliphatic rings. The summed E-state index contributed by atoms with van der Waals surface area (Å²) in [6.45, 7) is 6.63. The summed E-state index contributed by atoms with van der Waals surface area (Å²) in [5.41, 5.74) is 1.61. The van der Waals surface area contributed by atoms with Crippen LogP contribution >= 0.6 is 27.7 Å². The van der Waals surface area contributed by atoms with E-state index in [1.165, 1.54) is 27.3 Å². The Balaban J connectivity index is 1.51. The SMILES string of the molecule is CCOC(=O)C(C)CCCOc1ccc(SCn2ncn(-c3ccc(Br)cc3)c2=O)cc1C. The Hall–Kier alpha value is -2.52. The number of ether oxygens (including phenoxy) is 2. The summed E-state index contributed by atoms with van der Waals surface area (Å²) >= 11 is 4.93. The van der Waals surface area contributed by atoms with E-state index in [1.807, 2.05) is 63.2 Å². The maximum atomic E-state index is 12.7. The molecule has 33 heavy (non-hydrogen) atoms. The third kappa shape index (κ3) is 6.98. The normalized spacial score (nSPS) is 11.9. The van der Waals surface area contributed by atoms with Gasteiger partial charge in [0.15, 0.2) is 0 Å². The molecule has 0 saturated heterocycles. The topological polar surface area (TPSA) is 75.3 Å². The molecule has 0 spiro atoms. The average Bonchev–Trinajstić information content (AvgIpc) is 3.17. The van der Waals surface area contributed by atoms with Crippen LogP contribution in [0.2, 0.25) is 0 Å². The van der Waals surface area contributed by atoms with Crippen molar-refractivity contribution in [2.75, 3.05) is 13.2 Å². The van der Waals surface area contributed by atoms with E-state index in [0.29, 0.717) is 19.1 Å². The van der Waals surface area contributed by atoms with E-state index in [0.717, 1.165) is 39.2 Å². The molecule has 176 valence electrons. The number of aryl methyl sites for hydroxylation is 1. The van der Waals surface area contributed by atoms with Gasteiger partial charge in [-0.05, 0) is 74.7 Å². The van der Waals surface area contributed by atoms with Crippen LogP contribution in [0.5, 0.6) is 5.75 Å². The van der Waals surface area contributed by atoms with E-state index >= 15 is 0 Å². The van der Waals surface area contributed by atoms with E-state index in [4.69, 9.17) is 9.47 Å². The smallest absolute Gasteiger partial charge is 0.351 e. The van der Waals surface area contributed by atoms with Crippen LogP contribution in [-0.2, 0) is 15.4 Å². The monoisotopic (exact) mass is 533 g/mol. The quantitative estimate of drug-likeness (QED) is 0.191. The molecule has 7 nitrogen and oxygen atoms in total. The van der Waals surface area contributed by atoms with Gasteiger partial charge in [-0.25, -0.2) is 14.0 Å². The van der Waals surface area contributed by atoms with Crippen LogP contribution in [0.25, 0.3) is 5.69 Å². The molecular formula is C24H28BrN3O4S. The van der Waals surface area contributed by atoms with Crippen LogP contribution in [0, 0.1) is 12.8 Å². The molecule has 0 radical (unpaired) electrons. The Morgan fingerprint density at radius 3 is 2.67 bits per heavy atom. The number of esters is 1. The fraction of sp³-hybridized carbons (Fsp3) is 0.375. The fourth-order valence-electron chi connectivity index (χ4n) is 3.19. The second kappa shape index (κ2) is 12.1. The molecule has 1 heterocycles. The van der Waals surface area contributed by atoms with Gasteiger partial charge in [-0.3, -0.25) is 4.79 Å². The van der Waals surface area contributed by atoms with Gasteiger partial charge in [0.1, 0.15) is 12.1 Å². The zero-order valence-electron chi connectivity index (χ0n) is 19.0. The highest BCUT2D eigenvalue weighted by Crippen LogP contribution is 2.26. The Morgan fingerprint density at radius 2 is 1.97 bits per heavy atom. The van der Waals surface area contributed by atoms with Crippen molar-refractivity contribution in [2.24, 2.45) is 5.92 Å². The highest BCUT2D eigenvalue weighted by Gasteiger charge is 2.13. The first-order valence-corrected chi connectivity index (χ1v) is 12.6. The Labute approximate surface area is 206 Å². The Morgan fingerprint density at radius 1 is 1.21 bits per heavy atom. The van der Waals surface area contributed by atoms with Gasteiger partial charge in [-0.1, -0.05) is 22.9 Å². The van der Waals surface area contributed by atoms with Crippen LogP contribution < -0.4 is 10.4 Å². The molecular weight excluding hydrogens is 506 g/mol. The summed E-state index contributed by atoms with van der Waals surface area (Å²) in [4.78, 5) is 25.4. The predicted molar refractivity (Wildman–Crippen MR) is 133 cm³/mol. The standard InChI is InChI=1S/C24H28BrN3O4S/c1-4-31-23(29)17(2)6-5-13-32-22-12-11-21(14-18(22)3)33-16-28-24(30)27(15-26-28)20-9-7-19(25)8-10-20/h7-12,14-15,17H,4-6,13,16H2,1-3H3. The first-order chi connectivity index (χ1) is 15.9. The summed E-state index contributed by atoms with van der Waals surface area (Å²) in [6, 6.07) is 13.5. The van der Waals surface area contributed by atoms with Gasteiger partial charge < -0.3 is 9.47 Å². The Kier molecular flexibility index (Phi) is 9.20.